The van der Waals surface area contributed by atoms with E-state index in [-0.39, 0.29) is 5.41 Å². The number of hydrogen-bond donors (Lipinski definition) is 0. The minimum atomic E-state index is 0.246. The summed E-state index contributed by atoms with van der Waals surface area (Å²) in [6, 6.07) is 21.4. The highest BCUT2D eigenvalue weighted by Crippen LogP contribution is 2.54. The van der Waals surface area contributed by atoms with Crippen molar-refractivity contribution in [1.82, 2.24) is 0 Å². The first-order chi connectivity index (χ1) is 18.8. The monoisotopic (exact) mass is 506 g/mol. The zero-order chi connectivity index (χ0) is 25.4. The Morgan fingerprint density at radius 2 is 1.42 bits per heavy atom. The van der Waals surface area contributed by atoms with Gasteiger partial charge >= 0.3 is 0 Å². The first-order valence-electron chi connectivity index (χ1n) is 14.5. The molecule has 2 aliphatic heterocycles. The van der Waals surface area contributed by atoms with Crippen molar-refractivity contribution >= 4 is 11.4 Å². The molecule has 4 heteroatoms. The molecule has 0 radical (unpaired) electrons. The van der Waals surface area contributed by atoms with Crippen molar-refractivity contribution in [2.75, 3.05) is 36.4 Å². The average Bonchev–Trinajstić information content (AvgIpc) is 3.01. The Bertz CT molecular complexity index is 1280. The first kappa shape index (κ1) is 23.7. The smallest absolute Gasteiger partial charge is 0.161 e. The van der Waals surface area contributed by atoms with E-state index >= 15 is 0 Å². The Morgan fingerprint density at radius 1 is 0.737 bits per heavy atom. The highest BCUT2D eigenvalue weighted by molar-refractivity contribution is 5.52. The van der Waals surface area contributed by atoms with Crippen molar-refractivity contribution in [1.29, 1.82) is 0 Å². The molecule has 5 aliphatic rings. The summed E-state index contributed by atoms with van der Waals surface area (Å²) in [6.07, 6.45) is 17.4. The largest absolute Gasteiger partial charge is 0.477 e. The molecule has 3 aliphatic carbocycles. The molecule has 2 heterocycles. The number of para-hydroxylation sites is 2. The number of hydrogen-bond acceptors (Lipinski definition) is 4. The number of ether oxygens (including phenoxy) is 2. The molecule has 1 atom stereocenters. The summed E-state index contributed by atoms with van der Waals surface area (Å²) in [5.74, 6) is 2.86. The predicted molar refractivity (Wildman–Crippen MR) is 154 cm³/mol. The molecule has 0 spiro atoms. The fraction of sp³-hybridized carbons (Fsp3) is 0.412. The number of rotatable bonds is 4. The second-order valence-corrected chi connectivity index (χ2v) is 11.6. The molecule has 1 unspecified atom stereocenters. The standard InChI is InChI=1S/C34H38N2O2/c1-4-10-30(11-5-1)35-22-26-20-28(14-16-32(26)37-24-35)34(18-8-3-9-19-34)29-15-17-33-27(21-29)23-36(25-38-33)31-12-6-2-7-13-31/h1-2,4-7,10-13,16,20-21,28H,3,8-9,14-15,17-19,22-25H2. The molecule has 0 amide bonds. The number of benzene rings is 2. The lowest BCUT2D eigenvalue weighted by Crippen LogP contribution is -2.40. The molecule has 2 fully saturated rings. The van der Waals surface area contributed by atoms with Crippen molar-refractivity contribution < 1.29 is 9.47 Å². The van der Waals surface area contributed by atoms with Crippen LogP contribution in [0.4, 0.5) is 11.4 Å². The van der Waals surface area contributed by atoms with Gasteiger partial charge in [0.15, 0.2) is 13.5 Å². The van der Waals surface area contributed by atoms with Crippen LogP contribution in [0.1, 0.15) is 51.4 Å². The SMILES string of the molecule is C1=C2CN(c3ccccc3)COC2=CCC1C1(C2=CC3=C(CC2)OCN(c2ccccc2)C3)CCCCC1. The summed E-state index contributed by atoms with van der Waals surface area (Å²) in [5, 5.41) is 0. The lowest BCUT2D eigenvalue weighted by atomic mass is 9.58. The predicted octanol–water partition coefficient (Wildman–Crippen LogP) is 7.73. The Labute approximate surface area is 226 Å². The maximum Gasteiger partial charge on any atom is 0.161 e. The second kappa shape index (κ2) is 10.1. The number of fused-ring (bicyclic) bond motifs is 1. The maximum absolute atomic E-state index is 6.30. The Kier molecular flexibility index (Phi) is 6.27. The van der Waals surface area contributed by atoms with Crippen molar-refractivity contribution in [3.8, 4) is 0 Å². The number of anilines is 2. The van der Waals surface area contributed by atoms with Gasteiger partial charge in [-0.1, -0.05) is 73.4 Å². The van der Waals surface area contributed by atoms with Gasteiger partial charge in [0.2, 0.25) is 0 Å². The third-order valence-corrected chi connectivity index (χ3v) is 9.43. The normalized spacial score (nSPS) is 24.7. The highest BCUT2D eigenvalue weighted by Gasteiger charge is 2.44. The van der Waals surface area contributed by atoms with Crippen molar-refractivity contribution in [2.45, 2.75) is 51.4 Å². The molecule has 7 rings (SSSR count). The quantitative estimate of drug-likeness (QED) is 0.424. The molecular formula is C34H38N2O2. The summed E-state index contributed by atoms with van der Waals surface area (Å²) >= 11 is 0. The molecule has 0 N–H and O–H groups in total. The van der Waals surface area contributed by atoms with Crippen LogP contribution in [0.2, 0.25) is 0 Å². The van der Waals surface area contributed by atoms with Crippen LogP contribution in [-0.4, -0.2) is 26.6 Å². The molecule has 1 saturated carbocycles. The van der Waals surface area contributed by atoms with Crippen LogP contribution in [0.5, 0.6) is 0 Å². The molecule has 2 aromatic carbocycles. The van der Waals surface area contributed by atoms with E-state index in [1.165, 1.54) is 60.4 Å². The summed E-state index contributed by atoms with van der Waals surface area (Å²) in [7, 11) is 0. The Hall–Kier alpha value is -3.40. The van der Waals surface area contributed by atoms with E-state index in [2.05, 4.69) is 88.7 Å². The second-order valence-electron chi connectivity index (χ2n) is 11.6. The van der Waals surface area contributed by atoms with Gasteiger partial charge in [-0.2, -0.15) is 0 Å². The van der Waals surface area contributed by atoms with E-state index in [9.17, 15) is 0 Å². The van der Waals surface area contributed by atoms with Crippen LogP contribution in [0, 0.1) is 11.3 Å². The highest BCUT2D eigenvalue weighted by atomic mass is 16.5. The Morgan fingerprint density at radius 3 is 2.16 bits per heavy atom. The van der Waals surface area contributed by atoms with Gasteiger partial charge in [0.25, 0.3) is 0 Å². The van der Waals surface area contributed by atoms with Crippen LogP contribution in [-0.2, 0) is 9.47 Å². The van der Waals surface area contributed by atoms with E-state index in [1.54, 1.807) is 5.57 Å². The van der Waals surface area contributed by atoms with Crippen LogP contribution in [0.3, 0.4) is 0 Å². The van der Waals surface area contributed by atoms with E-state index in [1.807, 2.05) is 0 Å². The topological polar surface area (TPSA) is 24.9 Å². The minimum absolute atomic E-state index is 0.246. The average molecular weight is 507 g/mol. The van der Waals surface area contributed by atoms with Gasteiger partial charge in [-0.3, -0.25) is 0 Å². The molecule has 4 nitrogen and oxygen atoms in total. The van der Waals surface area contributed by atoms with Crippen LogP contribution < -0.4 is 9.80 Å². The molecule has 2 aromatic rings. The van der Waals surface area contributed by atoms with E-state index in [0.29, 0.717) is 19.4 Å². The van der Waals surface area contributed by atoms with Crippen molar-refractivity contribution in [3.63, 3.8) is 0 Å². The fourth-order valence-electron chi connectivity index (χ4n) is 7.42. The van der Waals surface area contributed by atoms with Crippen LogP contribution in [0.15, 0.2) is 107 Å². The summed E-state index contributed by atoms with van der Waals surface area (Å²) in [4.78, 5) is 4.72. The fourth-order valence-corrected chi connectivity index (χ4v) is 7.42. The lowest BCUT2D eigenvalue weighted by molar-refractivity contribution is 0.146. The zero-order valence-electron chi connectivity index (χ0n) is 22.3. The molecule has 1 saturated heterocycles. The van der Waals surface area contributed by atoms with E-state index in [0.717, 1.165) is 38.1 Å². The van der Waals surface area contributed by atoms with Gasteiger partial charge in [-0.05, 0) is 67.4 Å². The van der Waals surface area contributed by atoms with Crippen LogP contribution in [0.25, 0.3) is 0 Å². The van der Waals surface area contributed by atoms with Gasteiger partial charge in [0.05, 0.1) is 0 Å². The first-order valence-corrected chi connectivity index (χ1v) is 14.5. The third-order valence-electron chi connectivity index (χ3n) is 9.43. The molecule has 0 bridgehead atoms. The van der Waals surface area contributed by atoms with Gasteiger partial charge in [0.1, 0.15) is 11.5 Å². The summed E-state index contributed by atoms with van der Waals surface area (Å²) in [5.41, 5.74) is 7.15. The minimum Gasteiger partial charge on any atom is -0.477 e. The molecule has 0 aromatic heterocycles. The van der Waals surface area contributed by atoms with E-state index < -0.39 is 0 Å². The van der Waals surface area contributed by atoms with Gasteiger partial charge in [-0.25, -0.2) is 0 Å². The van der Waals surface area contributed by atoms with Crippen molar-refractivity contribution in [2.24, 2.45) is 11.3 Å². The van der Waals surface area contributed by atoms with Gasteiger partial charge in [-0.15, -0.1) is 0 Å². The van der Waals surface area contributed by atoms with Crippen molar-refractivity contribution in [3.05, 3.63) is 107 Å². The summed E-state index contributed by atoms with van der Waals surface area (Å²) < 4.78 is 12.6. The zero-order valence-corrected chi connectivity index (χ0v) is 22.3. The van der Waals surface area contributed by atoms with Gasteiger partial charge < -0.3 is 19.3 Å². The Balaban J connectivity index is 1.18. The number of nitrogens with zero attached hydrogens (tertiary/aromatic N) is 2. The summed E-state index contributed by atoms with van der Waals surface area (Å²) in [6.45, 7) is 3.14. The van der Waals surface area contributed by atoms with E-state index in [4.69, 9.17) is 9.47 Å². The lowest BCUT2D eigenvalue weighted by Gasteiger charge is -2.48. The third kappa shape index (κ3) is 4.34. The molecule has 38 heavy (non-hydrogen) atoms. The van der Waals surface area contributed by atoms with Crippen LogP contribution >= 0.6 is 0 Å². The maximum atomic E-state index is 6.30. The van der Waals surface area contributed by atoms with Gasteiger partial charge in [0, 0.05) is 42.0 Å². The number of allylic oxidation sites excluding steroid dienone is 4. The molecular weight excluding hydrogens is 468 g/mol. The molecule has 196 valence electrons.